The number of sulfonamides is 1. The molecule has 1 aliphatic heterocycles. The summed E-state index contributed by atoms with van der Waals surface area (Å²) in [5.74, 6) is 0. The number of thiophene rings is 1. The standard InChI is InChI=1S/C10H15NO2S2/c1-9-5-2-3-7-11(9)15(12,13)10-6-4-8-14-10/h4,6,8-9H,2-3,5,7H2,1H3/t9-/m0/s1. The Kier molecular flexibility index (Phi) is 3.13. The first-order chi connectivity index (χ1) is 7.12. The van der Waals surface area contributed by atoms with Gasteiger partial charge in [-0.1, -0.05) is 12.5 Å². The molecule has 15 heavy (non-hydrogen) atoms. The van der Waals surface area contributed by atoms with Gasteiger partial charge in [-0.15, -0.1) is 11.3 Å². The third kappa shape index (κ3) is 2.09. The summed E-state index contributed by atoms with van der Waals surface area (Å²) >= 11 is 1.30. The second kappa shape index (κ2) is 4.23. The largest absolute Gasteiger partial charge is 0.252 e. The molecular weight excluding hydrogens is 230 g/mol. The zero-order chi connectivity index (χ0) is 10.9. The molecule has 0 unspecified atom stereocenters. The highest BCUT2D eigenvalue weighted by Crippen LogP contribution is 2.27. The van der Waals surface area contributed by atoms with Crippen molar-refractivity contribution in [3.8, 4) is 0 Å². The second-order valence-corrected chi connectivity index (χ2v) is 6.96. The molecule has 1 aliphatic rings. The molecule has 2 rings (SSSR count). The first kappa shape index (κ1) is 11.1. The van der Waals surface area contributed by atoms with Crippen LogP contribution in [0.1, 0.15) is 26.2 Å². The van der Waals surface area contributed by atoms with Gasteiger partial charge in [0, 0.05) is 12.6 Å². The van der Waals surface area contributed by atoms with Crippen molar-refractivity contribution in [1.82, 2.24) is 4.31 Å². The van der Waals surface area contributed by atoms with Crippen LogP contribution >= 0.6 is 11.3 Å². The smallest absolute Gasteiger partial charge is 0.206 e. The molecule has 0 amide bonds. The lowest BCUT2D eigenvalue weighted by molar-refractivity contribution is 0.269. The Morgan fingerprint density at radius 2 is 2.27 bits per heavy atom. The van der Waals surface area contributed by atoms with Crippen LogP contribution in [0, 0.1) is 0 Å². The number of hydrogen-bond acceptors (Lipinski definition) is 3. The summed E-state index contributed by atoms with van der Waals surface area (Å²) < 4.78 is 26.5. The molecule has 1 aromatic rings. The topological polar surface area (TPSA) is 37.4 Å². The molecule has 0 spiro atoms. The number of piperidine rings is 1. The molecule has 1 atom stereocenters. The number of nitrogens with zero attached hydrogens (tertiary/aromatic N) is 1. The third-order valence-corrected chi connectivity index (χ3v) is 6.19. The van der Waals surface area contributed by atoms with Gasteiger partial charge in [0.1, 0.15) is 4.21 Å². The highest BCUT2D eigenvalue weighted by Gasteiger charge is 2.31. The van der Waals surface area contributed by atoms with Gasteiger partial charge in [-0.05, 0) is 31.2 Å². The van der Waals surface area contributed by atoms with Gasteiger partial charge in [-0.2, -0.15) is 4.31 Å². The maximum atomic E-state index is 12.2. The Morgan fingerprint density at radius 3 is 2.87 bits per heavy atom. The van der Waals surface area contributed by atoms with Gasteiger partial charge in [0.25, 0.3) is 10.0 Å². The molecule has 5 heteroatoms. The fourth-order valence-electron chi connectivity index (χ4n) is 1.95. The van der Waals surface area contributed by atoms with Crippen LogP contribution in [-0.2, 0) is 10.0 Å². The quantitative estimate of drug-likeness (QED) is 0.802. The highest BCUT2D eigenvalue weighted by atomic mass is 32.2. The highest BCUT2D eigenvalue weighted by molar-refractivity contribution is 7.91. The van der Waals surface area contributed by atoms with E-state index in [1.54, 1.807) is 16.4 Å². The van der Waals surface area contributed by atoms with Crippen LogP contribution in [0.2, 0.25) is 0 Å². The average Bonchev–Trinajstić information content (AvgIpc) is 2.71. The molecule has 2 heterocycles. The van der Waals surface area contributed by atoms with Crippen molar-refractivity contribution in [2.24, 2.45) is 0 Å². The average molecular weight is 245 g/mol. The molecule has 0 bridgehead atoms. The lowest BCUT2D eigenvalue weighted by atomic mass is 10.1. The molecule has 0 aliphatic carbocycles. The summed E-state index contributed by atoms with van der Waals surface area (Å²) in [6, 6.07) is 3.61. The van der Waals surface area contributed by atoms with Crippen molar-refractivity contribution in [3.63, 3.8) is 0 Å². The van der Waals surface area contributed by atoms with Crippen molar-refractivity contribution in [2.75, 3.05) is 6.54 Å². The summed E-state index contributed by atoms with van der Waals surface area (Å²) in [7, 11) is -3.22. The first-order valence-corrected chi connectivity index (χ1v) is 7.49. The number of rotatable bonds is 2. The van der Waals surface area contributed by atoms with Crippen molar-refractivity contribution in [1.29, 1.82) is 0 Å². The van der Waals surface area contributed by atoms with Gasteiger partial charge >= 0.3 is 0 Å². The van der Waals surface area contributed by atoms with E-state index in [9.17, 15) is 8.42 Å². The summed E-state index contributed by atoms with van der Waals surface area (Å²) in [4.78, 5) is 0. The van der Waals surface area contributed by atoms with Gasteiger partial charge in [-0.3, -0.25) is 0 Å². The number of hydrogen-bond donors (Lipinski definition) is 0. The molecular formula is C10H15NO2S2. The van der Waals surface area contributed by atoms with E-state index in [0.717, 1.165) is 19.3 Å². The van der Waals surface area contributed by atoms with E-state index in [-0.39, 0.29) is 6.04 Å². The predicted octanol–water partition coefficient (Wildman–Crippen LogP) is 2.31. The molecule has 1 aromatic heterocycles. The van der Waals surface area contributed by atoms with Crippen LogP contribution in [0.3, 0.4) is 0 Å². The van der Waals surface area contributed by atoms with E-state index in [1.807, 2.05) is 12.3 Å². The SMILES string of the molecule is C[C@H]1CCCCN1S(=O)(=O)c1cccs1. The first-order valence-electron chi connectivity index (χ1n) is 5.18. The van der Waals surface area contributed by atoms with Crippen LogP contribution in [0.5, 0.6) is 0 Å². The zero-order valence-corrected chi connectivity index (χ0v) is 10.4. The van der Waals surface area contributed by atoms with Gasteiger partial charge in [0.15, 0.2) is 0 Å². The van der Waals surface area contributed by atoms with Crippen molar-refractivity contribution >= 4 is 21.4 Å². The zero-order valence-electron chi connectivity index (χ0n) is 8.72. The molecule has 0 saturated carbocycles. The minimum Gasteiger partial charge on any atom is -0.206 e. The van der Waals surface area contributed by atoms with Crippen molar-refractivity contribution < 1.29 is 8.42 Å². The maximum Gasteiger partial charge on any atom is 0.252 e. The normalized spacial score (nSPS) is 24.2. The van der Waals surface area contributed by atoms with E-state index < -0.39 is 10.0 Å². The van der Waals surface area contributed by atoms with E-state index >= 15 is 0 Å². The lowest BCUT2D eigenvalue weighted by Gasteiger charge is -2.31. The van der Waals surface area contributed by atoms with Crippen LogP contribution in [0.4, 0.5) is 0 Å². The third-order valence-electron chi connectivity index (χ3n) is 2.80. The Balaban J connectivity index is 2.29. The molecule has 3 nitrogen and oxygen atoms in total. The summed E-state index contributed by atoms with van der Waals surface area (Å²) in [6.07, 6.45) is 3.09. The molecule has 0 N–H and O–H groups in total. The predicted molar refractivity (Wildman–Crippen MR) is 61.5 cm³/mol. The van der Waals surface area contributed by atoms with Gasteiger partial charge in [0.05, 0.1) is 0 Å². The van der Waals surface area contributed by atoms with Crippen LogP contribution in [0.15, 0.2) is 21.7 Å². The Bertz CT molecular complexity index is 411. The Morgan fingerprint density at radius 1 is 1.47 bits per heavy atom. The molecule has 84 valence electrons. The summed E-state index contributed by atoms with van der Waals surface area (Å²) in [5.41, 5.74) is 0. The van der Waals surface area contributed by atoms with Gasteiger partial charge < -0.3 is 0 Å². The minimum atomic E-state index is -3.22. The van der Waals surface area contributed by atoms with E-state index in [2.05, 4.69) is 0 Å². The van der Waals surface area contributed by atoms with E-state index in [4.69, 9.17) is 0 Å². The fraction of sp³-hybridized carbons (Fsp3) is 0.600. The van der Waals surface area contributed by atoms with Crippen LogP contribution in [-0.4, -0.2) is 25.3 Å². The molecule has 1 saturated heterocycles. The Labute approximate surface area is 94.8 Å². The van der Waals surface area contributed by atoms with Gasteiger partial charge in [0.2, 0.25) is 0 Å². The monoisotopic (exact) mass is 245 g/mol. The molecule has 1 fully saturated rings. The van der Waals surface area contributed by atoms with E-state index in [1.165, 1.54) is 11.3 Å². The maximum absolute atomic E-state index is 12.2. The van der Waals surface area contributed by atoms with Crippen LogP contribution < -0.4 is 0 Å². The van der Waals surface area contributed by atoms with Crippen LogP contribution in [0.25, 0.3) is 0 Å². The second-order valence-electron chi connectivity index (χ2n) is 3.89. The summed E-state index contributed by atoms with van der Waals surface area (Å²) in [6.45, 7) is 2.66. The minimum absolute atomic E-state index is 0.144. The fourth-order valence-corrected chi connectivity index (χ4v) is 4.77. The van der Waals surface area contributed by atoms with Crippen molar-refractivity contribution in [3.05, 3.63) is 17.5 Å². The molecule has 0 radical (unpaired) electrons. The summed E-state index contributed by atoms with van der Waals surface area (Å²) in [5, 5.41) is 1.81. The Hall–Kier alpha value is -0.390. The molecule has 0 aromatic carbocycles. The van der Waals surface area contributed by atoms with Gasteiger partial charge in [-0.25, -0.2) is 8.42 Å². The van der Waals surface area contributed by atoms with E-state index in [0.29, 0.717) is 10.8 Å². The lowest BCUT2D eigenvalue weighted by Crippen LogP contribution is -2.41. The van der Waals surface area contributed by atoms with Crippen molar-refractivity contribution in [2.45, 2.75) is 36.4 Å².